The van der Waals surface area contributed by atoms with Crippen LogP contribution in [0.25, 0.3) is 11.2 Å². The molecule has 9 nitrogen and oxygen atoms in total. The van der Waals surface area contributed by atoms with Crippen molar-refractivity contribution in [2.24, 2.45) is 0 Å². The molecule has 2 fully saturated rings. The number of nitrogens with one attached hydrogen (secondary N) is 1. The molecule has 0 aliphatic heterocycles. The Hall–Kier alpha value is -2.76. The van der Waals surface area contributed by atoms with Crippen molar-refractivity contribution in [3.63, 3.8) is 0 Å². The second kappa shape index (κ2) is 6.65. The van der Waals surface area contributed by atoms with Crippen LogP contribution < -0.4 is 5.32 Å². The summed E-state index contributed by atoms with van der Waals surface area (Å²) in [7, 11) is 0. The average Bonchev–Trinajstić information content (AvgIpc) is 3.26. The van der Waals surface area contributed by atoms with E-state index in [-0.39, 0.29) is 18.4 Å². The zero-order chi connectivity index (χ0) is 20.3. The SMILES string of the molecule is O[C@@H]1[C@H](O)[C@@H](O)C[C@H]1n1nnc2c(N[C@@H]3C[C@H]3c3ccc(F)c(F)c3)ncnc21. The van der Waals surface area contributed by atoms with Gasteiger partial charge in [-0.25, -0.2) is 23.4 Å². The maximum absolute atomic E-state index is 13.5. The minimum Gasteiger partial charge on any atom is -0.390 e. The zero-order valence-corrected chi connectivity index (χ0v) is 15.0. The van der Waals surface area contributed by atoms with Crippen molar-refractivity contribution in [3.05, 3.63) is 41.7 Å². The first kappa shape index (κ1) is 18.3. The summed E-state index contributed by atoms with van der Waals surface area (Å²) >= 11 is 0. The Labute approximate surface area is 163 Å². The minimum absolute atomic E-state index is 0.0205. The van der Waals surface area contributed by atoms with Crippen LogP contribution >= 0.6 is 0 Å². The molecule has 2 heterocycles. The van der Waals surface area contributed by atoms with Crippen LogP contribution in [0.2, 0.25) is 0 Å². The van der Waals surface area contributed by atoms with E-state index in [2.05, 4.69) is 25.6 Å². The Bertz CT molecular complexity index is 1080. The number of fused-ring (bicyclic) bond motifs is 1. The summed E-state index contributed by atoms with van der Waals surface area (Å²) in [5, 5.41) is 41.1. The summed E-state index contributed by atoms with van der Waals surface area (Å²) < 4.78 is 28.0. The number of hydrogen-bond donors (Lipinski definition) is 4. The number of anilines is 1. The monoisotopic (exact) mass is 404 g/mol. The highest BCUT2D eigenvalue weighted by molar-refractivity contribution is 5.82. The smallest absolute Gasteiger partial charge is 0.184 e. The van der Waals surface area contributed by atoms with Crippen molar-refractivity contribution in [2.45, 2.75) is 49.2 Å². The second-order valence-electron chi connectivity index (χ2n) is 7.55. The molecule has 11 heteroatoms. The summed E-state index contributed by atoms with van der Waals surface area (Å²) in [6.07, 6.45) is -1.34. The number of halogens is 2. The third-order valence-corrected chi connectivity index (χ3v) is 5.68. The van der Waals surface area contributed by atoms with Crippen LogP contribution in [0.1, 0.15) is 30.4 Å². The topological polar surface area (TPSA) is 129 Å². The van der Waals surface area contributed by atoms with Gasteiger partial charge >= 0.3 is 0 Å². The van der Waals surface area contributed by atoms with Gasteiger partial charge in [-0.3, -0.25) is 0 Å². The van der Waals surface area contributed by atoms with E-state index in [1.807, 2.05) is 0 Å². The van der Waals surface area contributed by atoms with Gasteiger partial charge in [0.2, 0.25) is 0 Å². The molecule has 0 radical (unpaired) electrons. The van der Waals surface area contributed by atoms with E-state index in [0.717, 1.165) is 12.5 Å². The zero-order valence-electron chi connectivity index (χ0n) is 15.0. The molecule has 0 saturated heterocycles. The van der Waals surface area contributed by atoms with Crippen LogP contribution in [0.5, 0.6) is 0 Å². The van der Waals surface area contributed by atoms with Crippen molar-refractivity contribution in [3.8, 4) is 0 Å². The standard InChI is InChI=1S/C18H18F2N6O3/c19-9-2-1-7(3-10(9)20)8-4-11(8)23-17-14-18(22-6-21-17)26(25-24-14)12-5-13(27)16(29)15(12)28/h1-3,6,8,11-13,15-16,27-29H,4-5H2,(H,21,22,23)/t8-,11+,12+,13-,15-,16+/m0/s1. The van der Waals surface area contributed by atoms with E-state index in [0.29, 0.717) is 22.5 Å². The van der Waals surface area contributed by atoms with Crippen LogP contribution in [0, 0.1) is 11.6 Å². The molecule has 5 rings (SSSR count). The summed E-state index contributed by atoms with van der Waals surface area (Å²) in [6, 6.07) is 3.19. The fraction of sp³-hybridized carbons (Fsp3) is 0.444. The van der Waals surface area contributed by atoms with Gasteiger partial charge in [0.25, 0.3) is 0 Å². The number of aromatic nitrogens is 5. The van der Waals surface area contributed by atoms with Gasteiger partial charge in [0, 0.05) is 18.4 Å². The summed E-state index contributed by atoms with van der Waals surface area (Å²) in [5.74, 6) is -1.30. The molecular weight excluding hydrogens is 386 g/mol. The number of benzene rings is 1. The Morgan fingerprint density at radius 1 is 1.03 bits per heavy atom. The maximum atomic E-state index is 13.5. The van der Waals surface area contributed by atoms with Crippen molar-refractivity contribution in [1.29, 1.82) is 0 Å². The molecule has 0 spiro atoms. The minimum atomic E-state index is -1.26. The van der Waals surface area contributed by atoms with Crippen LogP contribution in [0.4, 0.5) is 14.6 Å². The van der Waals surface area contributed by atoms with Crippen LogP contribution in [0.3, 0.4) is 0 Å². The molecular formula is C18H18F2N6O3. The number of aliphatic hydroxyl groups excluding tert-OH is 3. The van der Waals surface area contributed by atoms with Crippen LogP contribution in [-0.4, -0.2) is 64.6 Å². The lowest BCUT2D eigenvalue weighted by Gasteiger charge is -2.16. The number of rotatable bonds is 4. The highest BCUT2D eigenvalue weighted by Crippen LogP contribution is 2.43. The Morgan fingerprint density at radius 3 is 2.59 bits per heavy atom. The van der Waals surface area contributed by atoms with Crippen molar-refractivity contribution < 1.29 is 24.1 Å². The number of aliphatic hydroxyl groups is 3. The molecule has 0 amide bonds. The second-order valence-corrected chi connectivity index (χ2v) is 7.55. The van der Waals surface area contributed by atoms with Gasteiger partial charge in [0.1, 0.15) is 18.5 Å². The van der Waals surface area contributed by atoms with E-state index in [9.17, 15) is 24.1 Å². The molecule has 29 heavy (non-hydrogen) atoms. The summed E-state index contributed by atoms with van der Waals surface area (Å²) in [4.78, 5) is 8.38. The lowest BCUT2D eigenvalue weighted by Crippen LogP contribution is -2.31. The molecule has 2 aliphatic rings. The molecule has 3 aromatic rings. The Morgan fingerprint density at radius 2 is 1.86 bits per heavy atom. The van der Waals surface area contributed by atoms with Gasteiger partial charge in [0.05, 0.1) is 12.1 Å². The van der Waals surface area contributed by atoms with Crippen molar-refractivity contribution in [1.82, 2.24) is 25.0 Å². The molecule has 152 valence electrons. The number of hydrogen-bond acceptors (Lipinski definition) is 8. The van der Waals surface area contributed by atoms with Gasteiger partial charge in [-0.1, -0.05) is 11.3 Å². The highest BCUT2D eigenvalue weighted by atomic mass is 19.2. The van der Waals surface area contributed by atoms with Crippen molar-refractivity contribution >= 4 is 17.0 Å². The van der Waals surface area contributed by atoms with Gasteiger partial charge in [-0.2, -0.15) is 0 Å². The van der Waals surface area contributed by atoms with Gasteiger partial charge in [0.15, 0.2) is 28.6 Å². The third-order valence-electron chi connectivity index (χ3n) is 5.68. The highest BCUT2D eigenvalue weighted by Gasteiger charge is 2.43. The molecule has 0 bridgehead atoms. The molecule has 1 aromatic carbocycles. The first-order chi connectivity index (χ1) is 13.9. The molecule has 2 saturated carbocycles. The molecule has 4 N–H and O–H groups in total. The molecule has 6 atom stereocenters. The first-order valence-corrected chi connectivity index (χ1v) is 9.25. The molecule has 2 aliphatic carbocycles. The average molecular weight is 404 g/mol. The Kier molecular flexibility index (Phi) is 4.19. The predicted octanol–water partition coefficient (Wildman–Crippen LogP) is 0.495. The van der Waals surface area contributed by atoms with Gasteiger partial charge in [-0.05, 0) is 24.1 Å². The molecule has 0 unspecified atom stereocenters. The van der Waals surface area contributed by atoms with Crippen LogP contribution in [-0.2, 0) is 0 Å². The van der Waals surface area contributed by atoms with Gasteiger partial charge < -0.3 is 20.6 Å². The maximum Gasteiger partial charge on any atom is 0.184 e. The first-order valence-electron chi connectivity index (χ1n) is 9.25. The normalized spacial score (nSPS) is 31.3. The number of nitrogens with zero attached hydrogens (tertiary/aromatic N) is 5. The van der Waals surface area contributed by atoms with E-state index in [1.165, 1.54) is 17.1 Å². The summed E-state index contributed by atoms with van der Waals surface area (Å²) in [5.41, 5.74) is 1.44. The quantitative estimate of drug-likeness (QED) is 0.495. The lowest BCUT2D eigenvalue weighted by molar-refractivity contribution is -0.0253. The van der Waals surface area contributed by atoms with Gasteiger partial charge in [-0.15, -0.1) is 5.10 Å². The Balaban J connectivity index is 1.38. The summed E-state index contributed by atoms with van der Waals surface area (Å²) in [6.45, 7) is 0. The third kappa shape index (κ3) is 3.02. The fourth-order valence-electron chi connectivity index (χ4n) is 3.96. The van der Waals surface area contributed by atoms with E-state index in [4.69, 9.17) is 0 Å². The molecule has 2 aromatic heterocycles. The largest absolute Gasteiger partial charge is 0.390 e. The van der Waals surface area contributed by atoms with E-state index < -0.39 is 36.0 Å². The lowest BCUT2D eigenvalue weighted by atomic mass is 10.1. The van der Waals surface area contributed by atoms with E-state index >= 15 is 0 Å². The van der Waals surface area contributed by atoms with Crippen LogP contribution in [0.15, 0.2) is 24.5 Å². The van der Waals surface area contributed by atoms with E-state index in [1.54, 1.807) is 6.07 Å². The fourth-order valence-corrected chi connectivity index (χ4v) is 3.96. The predicted molar refractivity (Wildman–Crippen MR) is 95.9 cm³/mol. The van der Waals surface area contributed by atoms with Crippen molar-refractivity contribution in [2.75, 3.05) is 5.32 Å².